The number of hydrogen-bond acceptors (Lipinski definition) is 6. The van der Waals surface area contributed by atoms with Gasteiger partial charge in [0, 0.05) is 22.6 Å². The molecular formula is C23H28N2O4S2. The molecule has 1 saturated carbocycles. The van der Waals surface area contributed by atoms with Crippen LogP contribution in [0.25, 0.3) is 0 Å². The maximum atomic E-state index is 12.7. The van der Waals surface area contributed by atoms with E-state index in [4.69, 9.17) is 9.72 Å². The molecule has 0 amide bonds. The molecule has 1 saturated heterocycles. The molecule has 6 atom stereocenters. The van der Waals surface area contributed by atoms with Crippen molar-refractivity contribution in [2.24, 2.45) is 23.2 Å². The normalized spacial score (nSPS) is 34.4. The van der Waals surface area contributed by atoms with Crippen molar-refractivity contribution in [2.75, 3.05) is 4.72 Å². The Kier molecular flexibility index (Phi) is 4.93. The minimum atomic E-state index is -3.55. The lowest BCUT2D eigenvalue weighted by Crippen LogP contribution is -2.50. The van der Waals surface area contributed by atoms with Gasteiger partial charge in [-0.05, 0) is 30.2 Å². The van der Waals surface area contributed by atoms with Crippen LogP contribution >= 0.6 is 11.3 Å². The van der Waals surface area contributed by atoms with Crippen molar-refractivity contribution in [3.8, 4) is 0 Å². The van der Waals surface area contributed by atoms with Crippen molar-refractivity contribution in [1.29, 1.82) is 0 Å². The molecule has 1 aromatic carbocycles. The van der Waals surface area contributed by atoms with Gasteiger partial charge < -0.3 is 4.74 Å². The fourth-order valence-electron chi connectivity index (χ4n) is 6.09. The molecular weight excluding hydrogens is 432 g/mol. The van der Waals surface area contributed by atoms with E-state index in [0.29, 0.717) is 5.13 Å². The first kappa shape index (κ1) is 20.9. The van der Waals surface area contributed by atoms with Crippen molar-refractivity contribution in [3.05, 3.63) is 46.5 Å². The number of sulfonamides is 1. The summed E-state index contributed by atoms with van der Waals surface area (Å²) in [4.78, 5) is 18.1. The summed E-state index contributed by atoms with van der Waals surface area (Å²) in [6, 6.07) is 9.15. The van der Waals surface area contributed by atoms with Gasteiger partial charge in [-0.25, -0.2) is 13.4 Å². The van der Waals surface area contributed by atoms with E-state index < -0.39 is 10.0 Å². The summed E-state index contributed by atoms with van der Waals surface area (Å²) in [5, 5.41) is 0.434. The van der Waals surface area contributed by atoms with E-state index in [2.05, 4.69) is 18.6 Å². The highest BCUT2D eigenvalue weighted by atomic mass is 32.2. The van der Waals surface area contributed by atoms with Gasteiger partial charge in [-0.15, -0.1) is 11.3 Å². The predicted octanol–water partition coefficient (Wildman–Crippen LogP) is 4.34. The van der Waals surface area contributed by atoms with Gasteiger partial charge in [-0.2, -0.15) is 0 Å². The predicted molar refractivity (Wildman–Crippen MR) is 120 cm³/mol. The molecule has 0 bridgehead atoms. The summed E-state index contributed by atoms with van der Waals surface area (Å²) in [6.07, 6.45) is 2.84. The Morgan fingerprint density at radius 1 is 1.23 bits per heavy atom. The molecule has 5 rings (SSSR count). The Hall–Kier alpha value is -1.93. The van der Waals surface area contributed by atoms with E-state index in [-0.39, 0.29) is 46.9 Å². The average molecular weight is 461 g/mol. The summed E-state index contributed by atoms with van der Waals surface area (Å²) < 4.78 is 34.0. The third-order valence-electron chi connectivity index (χ3n) is 7.60. The molecule has 2 fully saturated rings. The largest absolute Gasteiger partial charge is 0.461 e. The number of ether oxygens (including phenoxy) is 1. The first-order chi connectivity index (χ1) is 14.7. The zero-order chi connectivity index (χ0) is 22.0. The highest BCUT2D eigenvalue weighted by molar-refractivity contribution is 7.92. The number of hydrogen-bond donors (Lipinski definition) is 1. The third-order valence-corrected chi connectivity index (χ3v) is 9.93. The molecule has 1 aliphatic heterocycles. The second-order valence-electron chi connectivity index (χ2n) is 9.71. The number of anilines is 1. The second-order valence-corrected chi connectivity index (χ2v) is 12.5. The smallest absolute Gasteiger partial charge is 0.309 e. The molecule has 3 aliphatic rings. The maximum Gasteiger partial charge on any atom is 0.309 e. The molecule has 2 aliphatic carbocycles. The summed E-state index contributed by atoms with van der Waals surface area (Å²) in [6.45, 7) is 6.43. The first-order valence-electron chi connectivity index (χ1n) is 10.9. The number of carbonyl (C=O) groups is 1. The molecule has 1 aromatic heterocycles. The Morgan fingerprint density at radius 2 is 1.97 bits per heavy atom. The van der Waals surface area contributed by atoms with Gasteiger partial charge in [0.05, 0.1) is 17.4 Å². The standard InChI is InChI=1S/C23H28N2O4S2/c1-13-16-9-10-23(3)11-17-19(14(2)18(23)20(16)29-21(13)26)24-22(30-17)25-31(27,28)12-15-7-5-4-6-8-15/h4-8,13-14,16,18,20H,9-12H2,1-3H3,(H,24,25). The summed E-state index contributed by atoms with van der Waals surface area (Å²) in [5.74, 6) is 0.402. The highest BCUT2D eigenvalue weighted by Gasteiger charge is 2.58. The Balaban J connectivity index is 1.41. The number of nitrogens with zero attached hydrogens (tertiary/aromatic N) is 1. The molecule has 1 N–H and O–H groups in total. The molecule has 6 unspecified atom stereocenters. The van der Waals surface area contributed by atoms with Crippen LogP contribution in [0.1, 0.15) is 55.7 Å². The van der Waals surface area contributed by atoms with E-state index in [1.165, 1.54) is 11.3 Å². The van der Waals surface area contributed by atoms with E-state index in [0.717, 1.165) is 35.4 Å². The number of rotatable bonds is 4. The third kappa shape index (κ3) is 3.57. The fourth-order valence-corrected chi connectivity index (χ4v) is 8.76. The minimum absolute atomic E-state index is 0.0324. The molecule has 31 heavy (non-hydrogen) atoms. The summed E-state index contributed by atoms with van der Waals surface area (Å²) >= 11 is 1.45. The number of fused-ring (bicyclic) bond motifs is 4. The lowest BCUT2D eigenvalue weighted by atomic mass is 9.54. The van der Waals surface area contributed by atoms with Crippen LogP contribution in [0, 0.1) is 23.2 Å². The van der Waals surface area contributed by atoms with Crippen LogP contribution in [0.3, 0.4) is 0 Å². The van der Waals surface area contributed by atoms with Gasteiger partial charge >= 0.3 is 5.97 Å². The van der Waals surface area contributed by atoms with Crippen LogP contribution < -0.4 is 4.72 Å². The molecule has 2 heterocycles. The van der Waals surface area contributed by atoms with Crippen molar-refractivity contribution in [2.45, 2.75) is 57.8 Å². The SMILES string of the molecule is CC1C(=O)OC2C1CCC1(C)Cc3sc(NS(=O)(=O)Cc4ccccc4)nc3C(C)C21. The zero-order valence-electron chi connectivity index (χ0n) is 18.0. The number of benzene rings is 1. The van der Waals surface area contributed by atoms with Crippen LogP contribution in [-0.2, 0) is 31.7 Å². The number of thiazole rings is 1. The lowest BCUT2D eigenvalue weighted by Gasteiger charge is -2.51. The summed E-state index contributed by atoms with van der Waals surface area (Å²) in [5.41, 5.74) is 1.73. The minimum Gasteiger partial charge on any atom is -0.461 e. The van der Waals surface area contributed by atoms with Crippen molar-refractivity contribution >= 4 is 32.5 Å². The highest BCUT2D eigenvalue weighted by Crippen LogP contribution is 2.59. The van der Waals surface area contributed by atoms with E-state index >= 15 is 0 Å². The van der Waals surface area contributed by atoms with Gasteiger partial charge in [0.1, 0.15) is 6.10 Å². The van der Waals surface area contributed by atoms with Crippen molar-refractivity contribution in [1.82, 2.24) is 4.98 Å². The van der Waals surface area contributed by atoms with Crippen LogP contribution in [0.15, 0.2) is 30.3 Å². The quantitative estimate of drug-likeness (QED) is 0.686. The van der Waals surface area contributed by atoms with Crippen LogP contribution in [-0.4, -0.2) is 25.5 Å². The Morgan fingerprint density at radius 3 is 2.71 bits per heavy atom. The number of carbonyl (C=O) groups excluding carboxylic acids is 1. The molecule has 0 spiro atoms. The van der Waals surface area contributed by atoms with E-state index in [1.54, 1.807) is 12.1 Å². The Labute approximate surface area is 187 Å². The molecule has 6 nitrogen and oxygen atoms in total. The first-order valence-corrected chi connectivity index (χ1v) is 13.4. The van der Waals surface area contributed by atoms with Crippen LogP contribution in [0.2, 0.25) is 0 Å². The second kappa shape index (κ2) is 7.30. The van der Waals surface area contributed by atoms with Gasteiger partial charge in [0.2, 0.25) is 10.0 Å². The summed E-state index contributed by atoms with van der Waals surface area (Å²) in [7, 11) is -3.55. The van der Waals surface area contributed by atoms with Crippen molar-refractivity contribution < 1.29 is 17.9 Å². The zero-order valence-corrected chi connectivity index (χ0v) is 19.6. The van der Waals surface area contributed by atoms with Crippen LogP contribution in [0.4, 0.5) is 5.13 Å². The van der Waals surface area contributed by atoms with Crippen LogP contribution in [0.5, 0.6) is 0 Å². The molecule has 2 aromatic rings. The number of nitrogens with one attached hydrogen (secondary N) is 1. The van der Waals surface area contributed by atoms with Gasteiger partial charge in [0.15, 0.2) is 5.13 Å². The van der Waals surface area contributed by atoms with E-state index in [9.17, 15) is 13.2 Å². The average Bonchev–Trinajstić information content (AvgIpc) is 3.21. The number of aromatic nitrogens is 1. The molecule has 0 radical (unpaired) electrons. The molecule has 8 heteroatoms. The maximum absolute atomic E-state index is 12.7. The van der Waals surface area contributed by atoms with Gasteiger partial charge in [-0.1, -0.05) is 51.1 Å². The number of esters is 1. The lowest BCUT2D eigenvalue weighted by molar-refractivity contribution is -0.149. The molecule has 166 valence electrons. The van der Waals surface area contributed by atoms with Crippen molar-refractivity contribution in [3.63, 3.8) is 0 Å². The van der Waals surface area contributed by atoms with E-state index in [1.807, 2.05) is 25.1 Å². The monoisotopic (exact) mass is 460 g/mol. The fraction of sp³-hybridized carbons (Fsp3) is 0.565. The topological polar surface area (TPSA) is 85.4 Å². The Bertz CT molecular complexity index is 1110. The van der Waals surface area contributed by atoms with Gasteiger partial charge in [0.25, 0.3) is 0 Å². The van der Waals surface area contributed by atoms with Gasteiger partial charge in [-0.3, -0.25) is 9.52 Å².